The molecule has 28 heavy (non-hydrogen) atoms. The lowest BCUT2D eigenvalue weighted by Gasteiger charge is -2.33. The zero-order valence-corrected chi connectivity index (χ0v) is 15.7. The highest BCUT2D eigenvalue weighted by Gasteiger charge is 2.27. The van der Waals surface area contributed by atoms with Crippen molar-refractivity contribution >= 4 is 22.9 Å². The van der Waals surface area contributed by atoms with Crippen LogP contribution in [0.4, 0.5) is 0 Å². The number of fused-ring (bicyclic) bond motifs is 2. The summed E-state index contributed by atoms with van der Waals surface area (Å²) < 4.78 is 5.26. The minimum Gasteiger partial charge on any atom is -0.452 e. The Balaban J connectivity index is 1.41. The molecule has 0 radical (unpaired) electrons. The number of nitrogens with zero attached hydrogens (tertiary/aromatic N) is 3. The van der Waals surface area contributed by atoms with Crippen molar-refractivity contribution in [2.75, 3.05) is 13.7 Å². The highest BCUT2D eigenvalue weighted by Crippen LogP contribution is 2.33. The Morgan fingerprint density at radius 2 is 1.89 bits per heavy atom. The lowest BCUT2D eigenvalue weighted by atomic mass is 9.87. The molecular weight excluding hydrogens is 354 g/mol. The molecule has 0 saturated carbocycles. The van der Waals surface area contributed by atoms with E-state index in [1.165, 1.54) is 11.1 Å². The minimum atomic E-state index is -0.543. The first-order valence-corrected chi connectivity index (χ1v) is 9.35. The van der Waals surface area contributed by atoms with Gasteiger partial charge < -0.3 is 9.64 Å². The molecule has 4 rings (SSSR count). The van der Waals surface area contributed by atoms with E-state index in [9.17, 15) is 9.59 Å². The van der Waals surface area contributed by atoms with Crippen LogP contribution >= 0.6 is 0 Å². The summed E-state index contributed by atoms with van der Waals surface area (Å²) in [4.78, 5) is 35.0. The van der Waals surface area contributed by atoms with Crippen LogP contribution < -0.4 is 0 Å². The first kappa shape index (κ1) is 18.1. The minimum absolute atomic E-state index is 0.0205. The molecule has 0 saturated heterocycles. The van der Waals surface area contributed by atoms with Crippen molar-refractivity contribution in [1.29, 1.82) is 0 Å². The first-order valence-electron chi connectivity index (χ1n) is 9.35. The molecule has 0 fully saturated rings. The summed E-state index contributed by atoms with van der Waals surface area (Å²) in [6.07, 6.45) is 6.15. The molecule has 2 aromatic carbocycles. The Bertz CT molecular complexity index is 1030. The van der Waals surface area contributed by atoms with Gasteiger partial charge in [0.05, 0.1) is 22.6 Å². The lowest BCUT2D eigenvalue weighted by Crippen LogP contribution is -2.36. The van der Waals surface area contributed by atoms with E-state index in [0.29, 0.717) is 16.6 Å². The number of hydrogen-bond acceptors (Lipinski definition) is 5. The Morgan fingerprint density at radius 3 is 2.75 bits per heavy atom. The summed E-state index contributed by atoms with van der Waals surface area (Å²) >= 11 is 0. The smallest absolute Gasteiger partial charge is 0.338 e. The summed E-state index contributed by atoms with van der Waals surface area (Å²) in [6, 6.07) is 13.2. The van der Waals surface area contributed by atoms with Crippen LogP contribution in [-0.2, 0) is 16.0 Å². The number of benzene rings is 2. The van der Waals surface area contributed by atoms with E-state index in [1.54, 1.807) is 42.5 Å². The molecule has 1 atom stereocenters. The van der Waals surface area contributed by atoms with Gasteiger partial charge in [-0.1, -0.05) is 24.3 Å². The van der Waals surface area contributed by atoms with E-state index in [2.05, 4.69) is 22.1 Å². The van der Waals surface area contributed by atoms with Gasteiger partial charge in [-0.05, 0) is 48.6 Å². The molecule has 0 aliphatic heterocycles. The van der Waals surface area contributed by atoms with E-state index in [1.807, 2.05) is 12.1 Å². The second-order valence-corrected chi connectivity index (χ2v) is 6.95. The maximum absolute atomic E-state index is 12.6. The van der Waals surface area contributed by atoms with Gasteiger partial charge in [0, 0.05) is 19.4 Å². The fourth-order valence-electron chi connectivity index (χ4n) is 3.71. The predicted octanol–water partition coefficient (Wildman–Crippen LogP) is 3.32. The van der Waals surface area contributed by atoms with E-state index >= 15 is 0 Å². The highest BCUT2D eigenvalue weighted by atomic mass is 16.5. The molecule has 0 unspecified atom stereocenters. The van der Waals surface area contributed by atoms with Gasteiger partial charge >= 0.3 is 5.97 Å². The average Bonchev–Trinajstić information content (AvgIpc) is 2.76. The van der Waals surface area contributed by atoms with Crippen LogP contribution in [0.1, 0.15) is 40.4 Å². The quantitative estimate of drug-likeness (QED) is 0.654. The molecule has 1 heterocycles. The number of hydrogen-bond donors (Lipinski definition) is 0. The molecule has 6 nitrogen and oxygen atoms in total. The molecule has 142 valence electrons. The molecule has 3 aromatic rings. The number of ether oxygens (including phenoxy) is 1. The van der Waals surface area contributed by atoms with Crippen LogP contribution in [0.5, 0.6) is 0 Å². The normalized spacial score (nSPS) is 15.7. The number of carbonyl (C=O) groups is 2. The zero-order chi connectivity index (χ0) is 19.5. The molecule has 0 N–H and O–H groups in total. The number of rotatable bonds is 4. The van der Waals surface area contributed by atoms with Crippen LogP contribution in [0.2, 0.25) is 0 Å². The van der Waals surface area contributed by atoms with Crippen LogP contribution in [0.15, 0.2) is 54.9 Å². The maximum atomic E-state index is 12.6. The molecule has 0 spiro atoms. The Labute approximate surface area is 163 Å². The topological polar surface area (TPSA) is 72.4 Å². The third kappa shape index (κ3) is 3.58. The van der Waals surface area contributed by atoms with Gasteiger partial charge in [-0.25, -0.2) is 4.79 Å². The Hall–Kier alpha value is -3.28. The monoisotopic (exact) mass is 375 g/mol. The number of esters is 1. The first-order chi connectivity index (χ1) is 13.6. The molecule has 1 aliphatic carbocycles. The van der Waals surface area contributed by atoms with Gasteiger partial charge in [-0.15, -0.1) is 0 Å². The summed E-state index contributed by atoms with van der Waals surface area (Å²) in [5.41, 5.74) is 4.13. The van der Waals surface area contributed by atoms with E-state index < -0.39 is 5.97 Å². The summed E-state index contributed by atoms with van der Waals surface area (Å²) in [5.74, 6) is -0.756. The third-order valence-electron chi connectivity index (χ3n) is 5.23. The Kier molecular flexibility index (Phi) is 5.02. The summed E-state index contributed by atoms with van der Waals surface area (Å²) in [6.45, 7) is -0.285. The van der Waals surface area contributed by atoms with E-state index in [4.69, 9.17) is 4.74 Å². The average molecular weight is 375 g/mol. The lowest BCUT2D eigenvalue weighted by molar-refractivity contribution is -0.135. The van der Waals surface area contributed by atoms with Gasteiger partial charge in [-0.2, -0.15) is 0 Å². The number of likely N-dealkylation sites (N-methyl/N-ethyl adjacent to an activating group) is 1. The number of aromatic nitrogens is 2. The molecule has 1 amide bonds. The second kappa shape index (κ2) is 7.76. The summed E-state index contributed by atoms with van der Waals surface area (Å²) in [7, 11) is 1.77. The molecular formula is C22H21N3O3. The van der Waals surface area contributed by atoms with E-state index in [-0.39, 0.29) is 18.6 Å². The summed E-state index contributed by atoms with van der Waals surface area (Å²) in [5, 5.41) is 0. The largest absolute Gasteiger partial charge is 0.452 e. The molecule has 1 aromatic heterocycles. The molecule has 0 bridgehead atoms. The van der Waals surface area contributed by atoms with Crippen LogP contribution in [0, 0.1) is 0 Å². The fraction of sp³-hybridized carbons (Fsp3) is 0.273. The zero-order valence-electron chi connectivity index (χ0n) is 15.7. The standard InChI is InChI=1S/C22H21N3O3/c1-25(20-8-4-6-15-5-2-3-7-17(15)20)21(26)14-28-22(27)16-9-10-18-19(13-16)24-12-11-23-18/h2-3,5,7,9-13,20H,4,6,8,14H2,1H3/t20-/m1/s1. The van der Waals surface area contributed by atoms with Crippen molar-refractivity contribution in [1.82, 2.24) is 14.9 Å². The second-order valence-electron chi connectivity index (χ2n) is 6.95. The van der Waals surface area contributed by atoms with Crippen molar-refractivity contribution in [3.05, 3.63) is 71.5 Å². The fourth-order valence-corrected chi connectivity index (χ4v) is 3.71. The van der Waals surface area contributed by atoms with Crippen molar-refractivity contribution in [2.45, 2.75) is 25.3 Å². The SMILES string of the molecule is CN(C(=O)COC(=O)c1ccc2nccnc2c1)[C@@H]1CCCc2ccccc21. The van der Waals surface area contributed by atoms with Gasteiger partial charge in [-0.3, -0.25) is 14.8 Å². The number of amides is 1. The predicted molar refractivity (Wildman–Crippen MR) is 105 cm³/mol. The number of carbonyl (C=O) groups excluding carboxylic acids is 2. The highest BCUT2D eigenvalue weighted by molar-refractivity contribution is 5.94. The number of aryl methyl sites for hydroxylation is 1. The third-order valence-corrected chi connectivity index (χ3v) is 5.23. The van der Waals surface area contributed by atoms with Crippen molar-refractivity contribution in [2.24, 2.45) is 0 Å². The van der Waals surface area contributed by atoms with Crippen molar-refractivity contribution in [3.63, 3.8) is 0 Å². The van der Waals surface area contributed by atoms with Gasteiger partial charge in [0.25, 0.3) is 5.91 Å². The maximum Gasteiger partial charge on any atom is 0.338 e. The molecule has 1 aliphatic rings. The molecule has 6 heteroatoms. The van der Waals surface area contributed by atoms with Crippen molar-refractivity contribution in [3.8, 4) is 0 Å². The Morgan fingerprint density at radius 1 is 1.11 bits per heavy atom. The van der Waals surface area contributed by atoms with Gasteiger partial charge in [0.2, 0.25) is 0 Å². The van der Waals surface area contributed by atoms with E-state index in [0.717, 1.165) is 19.3 Å². The van der Waals surface area contributed by atoms with Crippen molar-refractivity contribution < 1.29 is 14.3 Å². The van der Waals surface area contributed by atoms with Crippen LogP contribution in [0.3, 0.4) is 0 Å². The van der Waals surface area contributed by atoms with Gasteiger partial charge in [0.1, 0.15) is 0 Å². The van der Waals surface area contributed by atoms with Crippen LogP contribution in [-0.4, -0.2) is 40.4 Å². The van der Waals surface area contributed by atoms with Gasteiger partial charge in [0.15, 0.2) is 6.61 Å². The van der Waals surface area contributed by atoms with Crippen LogP contribution in [0.25, 0.3) is 11.0 Å².